The number of fused-ring (bicyclic) bond motifs is 1. The van der Waals surface area contributed by atoms with Crippen molar-refractivity contribution < 1.29 is 22.0 Å². The third-order valence-corrected chi connectivity index (χ3v) is 5.64. The standard InChI is InChI=1S/C18H13F2N3O3S/c19-14-7-6-11(8-15(14)20)18(24)21-17-13-9-27(25,26)10-16(13)22-23(17)12-4-2-1-3-5-12/h1-8H,9-10H2,(H,21,24). The third-order valence-electron chi connectivity index (χ3n) is 4.20. The fraction of sp³-hybridized carbons (Fsp3) is 0.111. The van der Waals surface area contributed by atoms with Crippen LogP contribution in [0.5, 0.6) is 0 Å². The highest BCUT2D eigenvalue weighted by molar-refractivity contribution is 7.90. The molecule has 138 valence electrons. The van der Waals surface area contributed by atoms with Gasteiger partial charge in [-0.1, -0.05) is 18.2 Å². The van der Waals surface area contributed by atoms with Gasteiger partial charge in [-0.15, -0.1) is 0 Å². The van der Waals surface area contributed by atoms with E-state index in [1.54, 1.807) is 24.3 Å². The minimum absolute atomic E-state index is 0.0932. The van der Waals surface area contributed by atoms with Gasteiger partial charge in [0.25, 0.3) is 5.91 Å². The van der Waals surface area contributed by atoms with E-state index in [2.05, 4.69) is 10.4 Å². The highest BCUT2D eigenvalue weighted by atomic mass is 32.2. The number of amides is 1. The van der Waals surface area contributed by atoms with Crippen molar-refractivity contribution >= 4 is 21.6 Å². The van der Waals surface area contributed by atoms with Gasteiger partial charge in [0.05, 0.1) is 22.9 Å². The monoisotopic (exact) mass is 389 g/mol. The summed E-state index contributed by atoms with van der Waals surface area (Å²) in [6.07, 6.45) is 0. The van der Waals surface area contributed by atoms with Crippen molar-refractivity contribution in [3.63, 3.8) is 0 Å². The number of hydrogen-bond acceptors (Lipinski definition) is 4. The Kier molecular flexibility index (Phi) is 4.03. The number of nitrogens with zero attached hydrogens (tertiary/aromatic N) is 2. The summed E-state index contributed by atoms with van der Waals surface area (Å²) < 4.78 is 51.8. The molecule has 2 aromatic carbocycles. The lowest BCUT2D eigenvalue weighted by molar-refractivity contribution is 0.102. The van der Waals surface area contributed by atoms with Gasteiger partial charge >= 0.3 is 0 Å². The zero-order valence-corrected chi connectivity index (χ0v) is 14.6. The fourth-order valence-corrected chi connectivity index (χ4v) is 4.44. The Morgan fingerprint density at radius 2 is 1.78 bits per heavy atom. The van der Waals surface area contributed by atoms with Gasteiger partial charge in [-0.05, 0) is 30.3 Å². The molecule has 1 aliphatic rings. The summed E-state index contributed by atoms with van der Waals surface area (Å²) in [7, 11) is -3.33. The van der Waals surface area contributed by atoms with Crippen molar-refractivity contribution in [2.75, 3.05) is 5.32 Å². The molecule has 0 saturated carbocycles. The number of nitrogens with one attached hydrogen (secondary N) is 1. The van der Waals surface area contributed by atoms with Gasteiger partial charge in [-0.25, -0.2) is 21.9 Å². The number of hydrogen-bond donors (Lipinski definition) is 1. The van der Waals surface area contributed by atoms with Crippen LogP contribution in [0.1, 0.15) is 21.6 Å². The van der Waals surface area contributed by atoms with Gasteiger partial charge in [0, 0.05) is 11.1 Å². The largest absolute Gasteiger partial charge is 0.306 e. The van der Waals surface area contributed by atoms with Crippen molar-refractivity contribution in [3.05, 3.63) is 77.0 Å². The molecule has 0 fully saturated rings. The second-order valence-corrected chi connectivity index (χ2v) is 8.20. The van der Waals surface area contributed by atoms with Gasteiger partial charge in [0.2, 0.25) is 0 Å². The summed E-state index contributed by atoms with van der Waals surface area (Å²) in [5, 5.41) is 6.92. The Hall–Kier alpha value is -3.07. The molecular weight excluding hydrogens is 376 g/mol. The Morgan fingerprint density at radius 3 is 2.48 bits per heavy atom. The number of rotatable bonds is 3. The molecule has 0 bridgehead atoms. The zero-order valence-electron chi connectivity index (χ0n) is 13.8. The Bertz CT molecular complexity index is 1160. The van der Waals surface area contributed by atoms with Gasteiger partial charge in [-0.3, -0.25) is 4.79 Å². The molecule has 0 radical (unpaired) electrons. The molecule has 0 unspecified atom stereocenters. The van der Waals surface area contributed by atoms with Crippen molar-refractivity contribution in [1.29, 1.82) is 0 Å². The molecule has 1 aliphatic heterocycles. The number of para-hydroxylation sites is 1. The smallest absolute Gasteiger partial charge is 0.256 e. The maximum Gasteiger partial charge on any atom is 0.256 e. The predicted molar refractivity (Wildman–Crippen MR) is 94.2 cm³/mol. The van der Waals surface area contributed by atoms with E-state index in [1.165, 1.54) is 4.68 Å². The summed E-state index contributed by atoms with van der Waals surface area (Å²) in [6, 6.07) is 11.7. The maximum atomic E-state index is 13.4. The van der Waals surface area contributed by atoms with Crippen LogP contribution in [-0.2, 0) is 21.3 Å². The molecule has 4 rings (SSSR count). The minimum Gasteiger partial charge on any atom is -0.306 e. The Balaban J connectivity index is 1.77. The first-order valence-electron chi connectivity index (χ1n) is 7.97. The highest BCUT2D eigenvalue weighted by Gasteiger charge is 2.33. The van der Waals surface area contributed by atoms with Crippen LogP contribution in [0.25, 0.3) is 5.69 Å². The van der Waals surface area contributed by atoms with Crippen LogP contribution in [0.15, 0.2) is 48.5 Å². The molecule has 0 aliphatic carbocycles. The summed E-state index contributed by atoms with van der Waals surface area (Å²) in [4.78, 5) is 12.5. The van der Waals surface area contributed by atoms with E-state index in [-0.39, 0.29) is 22.9 Å². The quantitative estimate of drug-likeness (QED) is 0.747. The van der Waals surface area contributed by atoms with Crippen molar-refractivity contribution in [2.24, 2.45) is 0 Å². The molecule has 2 heterocycles. The first-order valence-corrected chi connectivity index (χ1v) is 9.79. The first kappa shape index (κ1) is 17.3. The lowest BCUT2D eigenvalue weighted by atomic mass is 10.2. The number of benzene rings is 2. The lowest BCUT2D eigenvalue weighted by Gasteiger charge is -2.11. The van der Waals surface area contributed by atoms with E-state index < -0.39 is 27.4 Å². The molecule has 1 aromatic heterocycles. The number of aromatic nitrogens is 2. The topological polar surface area (TPSA) is 81.1 Å². The van der Waals surface area contributed by atoms with E-state index in [1.807, 2.05) is 6.07 Å². The van der Waals surface area contributed by atoms with Crippen LogP contribution in [0.2, 0.25) is 0 Å². The number of halogens is 2. The number of sulfone groups is 1. The maximum absolute atomic E-state index is 13.4. The number of carbonyl (C=O) groups is 1. The summed E-state index contributed by atoms with van der Waals surface area (Å²) >= 11 is 0. The van der Waals surface area contributed by atoms with Crippen LogP contribution < -0.4 is 5.32 Å². The predicted octanol–water partition coefficient (Wildman–Crippen LogP) is 2.83. The fourth-order valence-electron chi connectivity index (χ4n) is 2.94. The third kappa shape index (κ3) is 3.21. The molecule has 0 spiro atoms. The second-order valence-electron chi connectivity index (χ2n) is 6.14. The van der Waals surface area contributed by atoms with E-state index >= 15 is 0 Å². The van der Waals surface area contributed by atoms with Crippen molar-refractivity contribution in [1.82, 2.24) is 9.78 Å². The SMILES string of the molecule is O=C(Nc1c2c(nn1-c1ccccc1)CS(=O)(=O)C2)c1ccc(F)c(F)c1. The van der Waals surface area contributed by atoms with Crippen molar-refractivity contribution in [2.45, 2.75) is 11.5 Å². The summed E-state index contributed by atoms with van der Waals surface area (Å²) in [6.45, 7) is 0. The van der Waals surface area contributed by atoms with E-state index in [4.69, 9.17) is 0 Å². The van der Waals surface area contributed by atoms with Crippen LogP contribution in [0, 0.1) is 11.6 Å². The van der Waals surface area contributed by atoms with E-state index in [0.717, 1.165) is 18.2 Å². The van der Waals surface area contributed by atoms with Gasteiger partial charge in [0.1, 0.15) is 5.82 Å². The van der Waals surface area contributed by atoms with Gasteiger partial charge < -0.3 is 5.32 Å². The van der Waals surface area contributed by atoms with E-state index in [0.29, 0.717) is 16.9 Å². The molecule has 1 N–H and O–H groups in total. The van der Waals surface area contributed by atoms with Gasteiger partial charge in [-0.2, -0.15) is 5.10 Å². The van der Waals surface area contributed by atoms with Crippen molar-refractivity contribution in [3.8, 4) is 5.69 Å². The second kappa shape index (κ2) is 6.27. The van der Waals surface area contributed by atoms with Crippen LogP contribution >= 0.6 is 0 Å². The molecule has 9 heteroatoms. The zero-order chi connectivity index (χ0) is 19.2. The summed E-state index contributed by atoms with van der Waals surface area (Å²) in [5.74, 6) is -3.16. The first-order chi connectivity index (χ1) is 12.8. The molecule has 27 heavy (non-hydrogen) atoms. The Labute approximate surface area is 153 Å². The van der Waals surface area contributed by atoms with E-state index in [9.17, 15) is 22.0 Å². The molecule has 3 aromatic rings. The summed E-state index contributed by atoms with van der Waals surface area (Å²) in [5.41, 5.74) is 1.29. The van der Waals surface area contributed by atoms with Crippen LogP contribution in [0.4, 0.5) is 14.6 Å². The normalized spacial score (nSPS) is 14.7. The molecule has 6 nitrogen and oxygen atoms in total. The van der Waals surface area contributed by atoms with Crippen LogP contribution in [0.3, 0.4) is 0 Å². The van der Waals surface area contributed by atoms with Crippen LogP contribution in [-0.4, -0.2) is 24.1 Å². The minimum atomic E-state index is -3.33. The molecular formula is C18H13F2N3O3S. The average Bonchev–Trinajstić information content (AvgIpc) is 3.10. The lowest BCUT2D eigenvalue weighted by Crippen LogP contribution is -2.17. The highest BCUT2D eigenvalue weighted by Crippen LogP contribution is 2.33. The molecule has 0 atom stereocenters. The number of carbonyl (C=O) groups excluding carboxylic acids is 1. The molecule has 1 amide bonds. The van der Waals surface area contributed by atoms with Gasteiger partial charge in [0.15, 0.2) is 21.5 Å². The molecule has 0 saturated heterocycles. The Morgan fingerprint density at radius 1 is 1.04 bits per heavy atom. The average molecular weight is 389 g/mol. The number of anilines is 1.